The molecule has 2 aromatic rings. The maximum Gasteiger partial charge on any atom is 0.312 e. The lowest BCUT2D eigenvalue weighted by Gasteiger charge is -2.12. The van der Waals surface area contributed by atoms with Gasteiger partial charge in [0.2, 0.25) is 11.6 Å². The second kappa shape index (κ2) is 5.98. The number of hydrogen-bond acceptors (Lipinski definition) is 6. The Morgan fingerprint density at radius 2 is 2.24 bits per heavy atom. The van der Waals surface area contributed by atoms with Crippen LogP contribution < -0.4 is 10.5 Å². The summed E-state index contributed by atoms with van der Waals surface area (Å²) in [5.41, 5.74) is 6.34. The molecule has 0 saturated heterocycles. The van der Waals surface area contributed by atoms with E-state index >= 15 is 0 Å². The van der Waals surface area contributed by atoms with Gasteiger partial charge in [-0.05, 0) is 25.1 Å². The van der Waals surface area contributed by atoms with Crippen molar-refractivity contribution in [2.75, 3.05) is 0 Å². The Hall–Kier alpha value is -2.98. The first-order chi connectivity index (χ1) is 10.0. The van der Waals surface area contributed by atoms with Crippen molar-refractivity contribution in [1.29, 1.82) is 5.26 Å². The number of rotatable bonds is 4. The maximum absolute atomic E-state index is 11.1. The Labute approximate surface area is 120 Å². The monoisotopic (exact) mass is 284 g/mol. The van der Waals surface area contributed by atoms with Crippen LogP contribution >= 0.6 is 0 Å². The van der Waals surface area contributed by atoms with Crippen molar-refractivity contribution in [3.8, 4) is 17.7 Å². The summed E-state index contributed by atoms with van der Waals surface area (Å²) in [5.74, 6) is 0.222. The third-order valence-corrected chi connectivity index (χ3v) is 2.78. The van der Waals surface area contributed by atoms with E-state index in [1.807, 2.05) is 6.07 Å². The Balaban J connectivity index is 2.45. The zero-order valence-electron chi connectivity index (χ0n) is 11.2. The molecule has 0 spiro atoms. The van der Waals surface area contributed by atoms with Crippen molar-refractivity contribution >= 4 is 5.69 Å². The van der Waals surface area contributed by atoms with Crippen LogP contribution in [0.3, 0.4) is 0 Å². The number of nitrogens with two attached hydrogens (primary N) is 1. The van der Waals surface area contributed by atoms with Crippen molar-refractivity contribution in [2.45, 2.75) is 13.0 Å². The third-order valence-electron chi connectivity index (χ3n) is 2.78. The van der Waals surface area contributed by atoms with Crippen LogP contribution in [0.2, 0.25) is 0 Å². The summed E-state index contributed by atoms with van der Waals surface area (Å²) in [7, 11) is 0. The van der Waals surface area contributed by atoms with Gasteiger partial charge in [0, 0.05) is 23.9 Å². The summed E-state index contributed by atoms with van der Waals surface area (Å²) in [5, 5.41) is 19.9. The van der Waals surface area contributed by atoms with Crippen molar-refractivity contribution in [3.05, 3.63) is 57.8 Å². The van der Waals surface area contributed by atoms with E-state index < -0.39 is 4.92 Å². The molecule has 2 rings (SSSR count). The van der Waals surface area contributed by atoms with Crippen LogP contribution in [0.5, 0.6) is 11.6 Å². The fourth-order valence-corrected chi connectivity index (χ4v) is 1.76. The lowest BCUT2D eigenvalue weighted by Crippen LogP contribution is -2.07. The summed E-state index contributed by atoms with van der Waals surface area (Å²) in [6.45, 7) is 1.76. The molecule has 1 aromatic heterocycles. The Kier molecular flexibility index (Phi) is 4.11. The van der Waals surface area contributed by atoms with E-state index in [0.29, 0.717) is 5.56 Å². The number of hydrogen-bond donors (Lipinski definition) is 1. The Bertz CT molecular complexity index is 722. The average Bonchev–Trinajstić information content (AvgIpc) is 2.47. The Morgan fingerprint density at radius 1 is 1.48 bits per heavy atom. The molecular formula is C14H12N4O3. The summed E-state index contributed by atoms with van der Waals surface area (Å²) in [6.07, 6.45) is 1.51. The smallest absolute Gasteiger partial charge is 0.312 e. The van der Waals surface area contributed by atoms with Gasteiger partial charge >= 0.3 is 5.69 Å². The zero-order valence-corrected chi connectivity index (χ0v) is 11.2. The zero-order chi connectivity index (χ0) is 15.4. The molecule has 0 radical (unpaired) electrons. The number of nitro groups is 1. The van der Waals surface area contributed by atoms with Gasteiger partial charge in [-0.3, -0.25) is 10.1 Å². The van der Waals surface area contributed by atoms with Gasteiger partial charge in [-0.2, -0.15) is 5.26 Å². The summed E-state index contributed by atoms with van der Waals surface area (Å²) in [6, 6.07) is 8.93. The highest BCUT2D eigenvalue weighted by Crippen LogP contribution is 2.33. The highest BCUT2D eigenvalue weighted by molar-refractivity contribution is 5.53. The quantitative estimate of drug-likeness (QED) is 0.681. The van der Waals surface area contributed by atoms with Gasteiger partial charge in [-0.1, -0.05) is 6.07 Å². The minimum absolute atomic E-state index is 0.0135. The predicted molar refractivity (Wildman–Crippen MR) is 74.7 cm³/mol. The van der Waals surface area contributed by atoms with Crippen LogP contribution in [0.1, 0.15) is 24.1 Å². The van der Waals surface area contributed by atoms with Gasteiger partial charge in [-0.25, -0.2) is 4.98 Å². The highest BCUT2D eigenvalue weighted by Gasteiger charge is 2.19. The molecule has 21 heavy (non-hydrogen) atoms. The molecular weight excluding hydrogens is 272 g/mol. The molecule has 106 valence electrons. The molecule has 7 heteroatoms. The number of nitriles is 1. The minimum atomic E-state index is -0.606. The van der Waals surface area contributed by atoms with E-state index in [1.165, 1.54) is 18.3 Å². The minimum Gasteiger partial charge on any atom is -0.431 e. The van der Waals surface area contributed by atoms with Gasteiger partial charge in [0.25, 0.3) is 0 Å². The maximum atomic E-state index is 11.1. The van der Waals surface area contributed by atoms with Gasteiger partial charge in [0.1, 0.15) is 0 Å². The molecule has 0 bridgehead atoms. The number of nitro benzene ring substituents is 1. The second-order valence-electron chi connectivity index (χ2n) is 4.34. The molecule has 1 aromatic carbocycles. The van der Waals surface area contributed by atoms with Crippen molar-refractivity contribution < 1.29 is 9.66 Å². The van der Waals surface area contributed by atoms with Crippen molar-refractivity contribution in [1.82, 2.24) is 4.98 Å². The summed E-state index contributed by atoms with van der Waals surface area (Å²) in [4.78, 5) is 14.5. The second-order valence-corrected chi connectivity index (χ2v) is 4.34. The molecule has 0 amide bonds. The van der Waals surface area contributed by atoms with Crippen LogP contribution in [0, 0.1) is 21.4 Å². The number of aromatic nitrogens is 1. The summed E-state index contributed by atoms with van der Waals surface area (Å²) >= 11 is 0. The van der Waals surface area contributed by atoms with Gasteiger partial charge in [-0.15, -0.1) is 0 Å². The van der Waals surface area contributed by atoms with Crippen LogP contribution in [-0.2, 0) is 0 Å². The van der Waals surface area contributed by atoms with E-state index in [9.17, 15) is 10.1 Å². The van der Waals surface area contributed by atoms with Gasteiger partial charge < -0.3 is 10.5 Å². The lowest BCUT2D eigenvalue weighted by atomic mass is 10.1. The molecule has 0 unspecified atom stereocenters. The predicted octanol–water partition coefficient (Wildman–Crippen LogP) is 2.67. The number of benzene rings is 1. The van der Waals surface area contributed by atoms with Gasteiger partial charge in [0.05, 0.1) is 16.6 Å². The van der Waals surface area contributed by atoms with Crippen LogP contribution in [0.25, 0.3) is 0 Å². The fourth-order valence-electron chi connectivity index (χ4n) is 1.76. The normalized spacial score (nSPS) is 11.5. The van der Waals surface area contributed by atoms with E-state index in [2.05, 4.69) is 4.98 Å². The average molecular weight is 284 g/mol. The van der Waals surface area contributed by atoms with Gasteiger partial charge in [0.15, 0.2) is 0 Å². The first-order valence-corrected chi connectivity index (χ1v) is 6.10. The molecule has 1 heterocycles. The fraction of sp³-hybridized carbons (Fsp3) is 0.143. The SMILES string of the molecule is C[C@H](N)c1cccnc1Oc1ccc(C#N)cc1[N+](=O)[O-]. The third kappa shape index (κ3) is 3.13. The molecule has 1 atom stereocenters. The molecule has 2 N–H and O–H groups in total. The molecule has 0 aliphatic heterocycles. The molecule has 7 nitrogen and oxygen atoms in total. The van der Waals surface area contributed by atoms with E-state index in [0.717, 1.165) is 6.07 Å². The van der Waals surface area contributed by atoms with E-state index in [-0.39, 0.29) is 28.9 Å². The first kappa shape index (κ1) is 14.4. The van der Waals surface area contributed by atoms with E-state index in [4.69, 9.17) is 15.7 Å². The number of nitrogens with zero attached hydrogens (tertiary/aromatic N) is 3. The van der Waals surface area contributed by atoms with E-state index in [1.54, 1.807) is 19.1 Å². The van der Waals surface area contributed by atoms with Crippen molar-refractivity contribution in [3.63, 3.8) is 0 Å². The molecule has 0 aliphatic rings. The largest absolute Gasteiger partial charge is 0.431 e. The summed E-state index contributed by atoms with van der Waals surface area (Å²) < 4.78 is 5.52. The van der Waals surface area contributed by atoms with Crippen LogP contribution in [0.15, 0.2) is 36.5 Å². The standard InChI is InChI=1S/C14H12N4O3/c1-9(16)11-3-2-6-17-14(11)21-13-5-4-10(8-15)7-12(13)18(19)20/h2-7,9H,16H2,1H3/t9-/m0/s1. The molecule has 0 fully saturated rings. The highest BCUT2D eigenvalue weighted by atomic mass is 16.6. The first-order valence-electron chi connectivity index (χ1n) is 6.10. The molecule has 0 saturated carbocycles. The number of ether oxygens (including phenoxy) is 1. The lowest BCUT2D eigenvalue weighted by molar-refractivity contribution is -0.385. The van der Waals surface area contributed by atoms with Crippen molar-refractivity contribution in [2.24, 2.45) is 5.73 Å². The van der Waals surface area contributed by atoms with Crippen LogP contribution in [0.4, 0.5) is 5.69 Å². The molecule has 0 aliphatic carbocycles. The van der Waals surface area contributed by atoms with Crippen LogP contribution in [-0.4, -0.2) is 9.91 Å². The Morgan fingerprint density at radius 3 is 2.86 bits per heavy atom. The topological polar surface area (TPSA) is 115 Å². The number of pyridine rings is 1.